The lowest BCUT2D eigenvalue weighted by molar-refractivity contribution is 0.304. The van der Waals surface area contributed by atoms with Crippen molar-refractivity contribution in [2.75, 3.05) is 0 Å². The highest BCUT2D eigenvalue weighted by atomic mass is 79.9. The topological polar surface area (TPSA) is 52.3 Å². The molecule has 2 heterocycles. The number of aromatic nitrogens is 4. The Bertz CT molecular complexity index is 993. The molecule has 2 aromatic carbocycles. The number of hydrogen-bond donors (Lipinski definition) is 0. The molecule has 120 valence electrons. The van der Waals surface area contributed by atoms with Crippen LogP contribution in [0.25, 0.3) is 16.3 Å². The minimum atomic E-state index is 0.412. The average Bonchev–Trinajstić information content (AvgIpc) is 3.14. The van der Waals surface area contributed by atoms with Crippen LogP contribution in [-0.4, -0.2) is 19.8 Å². The fourth-order valence-electron chi connectivity index (χ4n) is 2.30. The Balaban J connectivity index is 1.59. The molecule has 0 aliphatic rings. The van der Waals surface area contributed by atoms with Crippen molar-refractivity contribution >= 4 is 32.2 Å². The summed E-state index contributed by atoms with van der Waals surface area (Å²) < 4.78 is 8.55. The Hall–Kier alpha value is -2.25. The van der Waals surface area contributed by atoms with Crippen LogP contribution in [0.4, 0.5) is 0 Å². The first-order chi connectivity index (χ1) is 11.7. The second-order valence-corrected chi connectivity index (χ2v) is 7.28. The number of benzene rings is 2. The van der Waals surface area contributed by atoms with Crippen molar-refractivity contribution in [3.63, 3.8) is 0 Å². The number of nitrogens with zero attached hydrogens (tertiary/aromatic N) is 4. The molecular formula is C17H13BrN4OS. The summed E-state index contributed by atoms with van der Waals surface area (Å²) >= 11 is 4.96. The Morgan fingerprint density at radius 2 is 1.96 bits per heavy atom. The van der Waals surface area contributed by atoms with Gasteiger partial charge in [-0.05, 0) is 31.2 Å². The van der Waals surface area contributed by atoms with Crippen LogP contribution in [0.15, 0.2) is 53.0 Å². The highest BCUT2D eigenvalue weighted by Gasteiger charge is 2.14. The van der Waals surface area contributed by atoms with E-state index >= 15 is 0 Å². The van der Waals surface area contributed by atoms with Gasteiger partial charge >= 0.3 is 0 Å². The molecule has 2 aromatic heterocycles. The van der Waals surface area contributed by atoms with E-state index in [1.807, 2.05) is 48.5 Å². The van der Waals surface area contributed by atoms with E-state index in [0.717, 1.165) is 31.6 Å². The number of halogens is 1. The average molecular weight is 401 g/mol. The van der Waals surface area contributed by atoms with Crippen LogP contribution in [0.2, 0.25) is 0 Å². The quantitative estimate of drug-likeness (QED) is 0.505. The lowest BCUT2D eigenvalue weighted by Crippen LogP contribution is -1.97. The summed E-state index contributed by atoms with van der Waals surface area (Å²) in [7, 11) is 0. The van der Waals surface area contributed by atoms with Crippen molar-refractivity contribution in [1.29, 1.82) is 0 Å². The molecule has 7 heteroatoms. The smallest absolute Gasteiger partial charge is 0.235 e. The third-order valence-electron chi connectivity index (χ3n) is 3.50. The van der Waals surface area contributed by atoms with Gasteiger partial charge in [-0.15, -0.1) is 10.2 Å². The molecule has 5 nitrogen and oxygen atoms in total. The molecule has 0 N–H and O–H groups in total. The summed E-state index contributed by atoms with van der Waals surface area (Å²) in [5.41, 5.74) is 2.17. The number of rotatable bonds is 4. The van der Waals surface area contributed by atoms with Crippen LogP contribution < -0.4 is 4.74 Å². The summed E-state index contributed by atoms with van der Waals surface area (Å²) in [6.45, 7) is 2.46. The molecule has 0 bridgehead atoms. The number of ether oxygens (including phenoxy) is 1. The van der Waals surface area contributed by atoms with Crippen LogP contribution in [0.3, 0.4) is 0 Å². The first kappa shape index (κ1) is 15.3. The summed E-state index contributed by atoms with van der Waals surface area (Å²) in [4.78, 5) is 0.757. The first-order valence-corrected chi connectivity index (χ1v) is 8.96. The minimum Gasteiger partial charge on any atom is -0.486 e. The zero-order valence-corrected chi connectivity index (χ0v) is 15.2. The molecule has 0 amide bonds. The highest BCUT2D eigenvalue weighted by Crippen LogP contribution is 2.24. The van der Waals surface area contributed by atoms with E-state index < -0.39 is 0 Å². The van der Waals surface area contributed by atoms with Gasteiger partial charge in [0, 0.05) is 10.0 Å². The molecule has 0 unspecified atom stereocenters. The Kier molecular flexibility index (Phi) is 4.03. The molecule has 0 fully saturated rings. The van der Waals surface area contributed by atoms with E-state index in [1.165, 1.54) is 16.9 Å². The van der Waals surface area contributed by atoms with Gasteiger partial charge in [-0.1, -0.05) is 57.1 Å². The van der Waals surface area contributed by atoms with E-state index in [2.05, 4.69) is 38.1 Å². The zero-order valence-electron chi connectivity index (χ0n) is 12.8. The Morgan fingerprint density at radius 3 is 2.75 bits per heavy atom. The molecular weight excluding hydrogens is 388 g/mol. The fraction of sp³-hybridized carbons (Fsp3) is 0.118. The largest absolute Gasteiger partial charge is 0.486 e. The maximum atomic E-state index is 5.79. The van der Waals surface area contributed by atoms with E-state index in [9.17, 15) is 0 Å². The van der Waals surface area contributed by atoms with Crippen molar-refractivity contribution in [2.24, 2.45) is 0 Å². The van der Waals surface area contributed by atoms with Crippen LogP contribution in [0, 0.1) is 6.92 Å². The van der Waals surface area contributed by atoms with Gasteiger partial charge in [0.15, 0.2) is 10.8 Å². The standard InChI is InChI=1S/C17H13BrN4OS/c1-11-5-7-14(8-6-11)23-10-15-21-22-16(19-20-17(22)24-15)12-3-2-4-13(18)9-12/h2-9H,10H2,1H3. The number of fused-ring (bicyclic) bond motifs is 1. The van der Waals surface area contributed by atoms with Gasteiger partial charge in [-0.25, -0.2) is 0 Å². The van der Waals surface area contributed by atoms with Gasteiger partial charge in [-0.3, -0.25) is 0 Å². The molecule has 0 aliphatic carbocycles. The van der Waals surface area contributed by atoms with Crippen molar-refractivity contribution in [3.05, 3.63) is 63.6 Å². The molecule has 0 spiro atoms. The second kappa shape index (κ2) is 6.33. The van der Waals surface area contributed by atoms with Crippen molar-refractivity contribution in [1.82, 2.24) is 19.8 Å². The monoisotopic (exact) mass is 400 g/mol. The van der Waals surface area contributed by atoms with E-state index in [0.29, 0.717) is 6.61 Å². The summed E-state index contributed by atoms with van der Waals surface area (Å²) in [6, 6.07) is 15.9. The summed E-state index contributed by atoms with van der Waals surface area (Å²) in [6.07, 6.45) is 0. The first-order valence-electron chi connectivity index (χ1n) is 7.35. The second-order valence-electron chi connectivity index (χ2n) is 5.33. The molecule has 0 saturated carbocycles. The van der Waals surface area contributed by atoms with E-state index in [-0.39, 0.29) is 0 Å². The van der Waals surface area contributed by atoms with Gasteiger partial charge < -0.3 is 4.74 Å². The number of hydrogen-bond acceptors (Lipinski definition) is 5. The van der Waals surface area contributed by atoms with Crippen LogP contribution in [0.5, 0.6) is 5.75 Å². The Morgan fingerprint density at radius 1 is 1.12 bits per heavy atom. The lowest BCUT2D eigenvalue weighted by Gasteiger charge is -2.03. The zero-order chi connectivity index (χ0) is 16.5. The fourth-order valence-corrected chi connectivity index (χ4v) is 3.45. The van der Waals surface area contributed by atoms with Gasteiger partial charge in [0.05, 0.1) is 0 Å². The highest BCUT2D eigenvalue weighted by molar-refractivity contribution is 9.10. The number of aryl methyl sites for hydroxylation is 1. The normalized spacial score (nSPS) is 11.1. The van der Waals surface area contributed by atoms with E-state index in [4.69, 9.17) is 4.74 Å². The maximum absolute atomic E-state index is 5.79. The van der Waals surface area contributed by atoms with Crippen LogP contribution >= 0.6 is 27.3 Å². The SMILES string of the molecule is Cc1ccc(OCc2nn3c(-c4cccc(Br)c4)nnc3s2)cc1. The third kappa shape index (κ3) is 3.05. The molecule has 0 atom stereocenters. The third-order valence-corrected chi connectivity index (χ3v) is 4.86. The van der Waals surface area contributed by atoms with Crippen molar-refractivity contribution in [3.8, 4) is 17.1 Å². The Labute approximate surface area is 151 Å². The van der Waals surface area contributed by atoms with Crippen molar-refractivity contribution in [2.45, 2.75) is 13.5 Å². The molecule has 4 aromatic rings. The van der Waals surface area contributed by atoms with Gasteiger partial charge in [0.25, 0.3) is 0 Å². The molecule has 0 aliphatic heterocycles. The molecule has 0 radical (unpaired) electrons. The predicted octanol–water partition coefficient (Wildman–Crippen LogP) is 4.50. The summed E-state index contributed by atoms with van der Waals surface area (Å²) in [5, 5.41) is 13.9. The maximum Gasteiger partial charge on any atom is 0.235 e. The van der Waals surface area contributed by atoms with Gasteiger partial charge in [0.1, 0.15) is 12.4 Å². The molecule has 24 heavy (non-hydrogen) atoms. The lowest BCUT2D eigenvalue weighted by atomic mass is 10.2. The van der Waals surface area contributed by atoms with Gasteiger partial charge in [-0.2, -0.15) is 9.61 Å². The minimum absolute atomic E-state index is 0.412. The van der Waals surface area contributed by atoms with Crippen molar-refractivity contribution < 1.29 is 4.74 Å². The summed E-state index contributed by atoms with van der Waals surface area (Å²) in [5.74, 6) is 1.56. The van der Waals surface area contributed by atoms with Crippen LogP contribution in [0.1, 0.15) is 10.6 Å². The molecule has 4 rings (SSSR count). The van der Waals surface area contributed by atoms with Crippen LogP contribution in [-0.2, 0) is 6.61 Å². The van der Waals surface area contributed by atoms with Gasteiger partial charge in [0.2, 0.25) is 4.96 Å². The predicted molar refractivity (Wildman–Crippen MR) is 97.3 cm³/mol. The molecule has 0 saturated heterocycles. The van der Waals surface area contributed by atoms with E-state index in [1.54, 1.807) is 4.52 Å².